The topological polar surface area (TPSA) is 37.4 Å². The maximum atomic E-state index is 11.6. The highest BCUT2D eigenvalue weighted by molar-refractivity contribution is 7.74. The number of rotatable bonds is 6. The Morgan fingerprint density at radius 3 is 2.12 bits per heavy atom. The van der Waals surface area contributed by atoms with Gasteiger partial charge in [0.1, 0.15) is 0 Å². The summed E-state index contributed by atoms with van der Waals surface area (Å²) in [4.78, 5) is 0. The molecule has 24 heavy (non-hydrogen) atoms. The van der Waals surface area contributed by atoms with Crippen LogP contribution in [0.3, 0.4) is 0 Å². The molecule has 3 aromatic carbocycles. The van der Waals surface area contributed by atoms with E-state index in [0.717, 1.165) is 17.5 Å². The molecular formula is C20H18NO2S. The van der Waals surface area contributed by atoms with Crippen molar-refractivity contribution in [2.75, 3.05) is 4.31 Å². The fourth-order valence-corrected chi connectivity index (χ4v) is 3.16. The molecule has 3 aromatic rings. The summed E-state index contributed by atoms with van der Waals surface area (Å²) in [6.07, 6.45) is 0.805. The van der Waals surface area contributed by atoms with Crippen LogP contribution in [0.25, 0.3) is 0 Å². The molecule has 0 atom stereocenters. The maximum Gasteiger partial charge on any atom is 0.225 e. The first-order chi connectivity index (χ1) is 11.7. The second-order valence-corrected chi connectivity index (χ2v) is 6.49. The van der Waals surface area contributed by atoms with Crippen LogP contribution in [-0.2, 0) is 23.9 Å². The zero-order chi connectivity index (χ0) is 16.8. The van der Waals surface area contributed by atoms with Crippen LogP contribution < -0.4 is 4.31 Å². The van der Waals surface area contributed by atoms with Gasteiger partial charge in [0.25, 0.3) is 0 Å². The Morgan fingerprint density at radius 2 is 1.50 bits per heavy atom. The van der Waals surface area contributed by atoms with Crippen LogP contribution in [-0.4, -0.2) is 8.42 Å². The highest BCUT2D eigenvalue weighted by Crippen LogP contribution is 2.19. The number of benzene rings is 3. The molecule has 0 aliphatic heterocycles. The second kappa shape index (κ2) is 7.79. The number of nitrogens with zero attached hydrogens (tertiary/aromatic N) is 1. The van der Waals surface area contributed by atoms with Crippen molar-refractivity contribution in [3.8, 4) is 0 Å². The van der Waals surface area contributed by atoms with Gasteiger partial charge >= 0.3 is 0 Å². The average molecular weight is 336 g/mol. The molecule has 0 fully saturated rings. The van der Waals surface area contributed by atoms with Crippen LogP contribution in [0.5, 0.6) is 0 Å². The molecule has 0 aliphatic rings. The highest BCUT2D eigenvalue weighted by atomic mass is 32.2. The predicted octanol–water partition coefficient (Wildman–Crippen LogP) is 3.61. The summed E-state index contributed by atoms with van der Waals surface area (Å²) in [6, 6.07) is 28.2. The van der Waals surface area contributed by atoms with Gasteiger partial charge in [-0.1, -0.05) is 66.7 Å². The van der Waals surface area contributed by atoms with Gasteiger partial charge in [-0.15, -0.1) is 0 Å². The minimum Gasteiger partial charge on any atom is -0.268 e. The van der Waals surface area contributed by atoms with Crippen LogP contribution in [0.15, 0.2) is 78.9 Å². The fourth-order valence-electron chi connectivity index (χ4n) is 2.56. The molecule has 3 nitrogen and oxygen atoms in total. The average Bonchev–Trinajstić information content (AvgIpc) is 2.62. The van der Waals surface area contributed by atoms with Gasteiger partial charge in [-0.25, -0.2) is 8.42 Å². The normalized spacial score (nSPS) is 10.7. The number of hydrogen-bond donors (Lipinski definition) is 1. The molecule has 4 heteroatoms. The third kappa shape index (κ3) is 4.24. The first-order valence-electron chi connectivity index (χ1n) is 7.72. The zero-order valence-electron chi connectivity index (χ0n) is 13.1. The van der Waals surface area contributed by atoms with Gasteiger partial charge in [-0.3, -0.25) is 4.31 Å². The summed E-state index contributed by atoms with van der Waals surface area (Å²) in [5.74, 6) is 0. The molecule has 0 N–H and O–H groups in total. The Kier molecular flexibility index (Phi) is 5.29. The fraction of sp³-hybridized carbons (Fsp3) is 0.100. The third-order valence-electron chi connectivity index (χ3n) is 3.79. The van der Waals surface area contributed by atoms with Crippen molar-refractivity contribution < 1.29 is 8.42 Å². The summed E-state index contributed by atoms with van der Waals surface area (Å²) < 4.78 is 24.7. The van der Waals surface area contributed by atoms with Gasteiger partial charge in [0.05, 0.1) is 12.2 Å². The minimum absolute atomic E-state index is 0.340. The van der Waals surface area contributed by atoms with E-state index in [2.05, 4.69) is 12.1 Å². The molecule has 0 aromatic heterocycles. The van der Waals surface area contributed by atoms with Crippen molar-refractivity contribution in [2.24, 2.45) is 0 Å². The van der Waals surface area contributed by atoms with Crippen LogP contribution in [0.2, 0.25) is 0 Å². The van der Waals surface area contributed by atoms with E-state index in [1.165, 1.54) is 9.87 Å². The zero-order valence-corrected chi connectivity index (χ0v) is 14.0. The van der Waals surface area contributed by atoms with Crippen molar-refractivity contribution in [3.05, 3.63) is 102 Å². The van der Waals surface area contributed by atoms with Gasteiger partial charge in [-0.2, -0.15) is 0 Å². The lowest BCUT2D eigenvalue weighted by Gasteiger charge is -2.18. The minimum atomic E-state index is -2.69. The van der Waals surface area contributed by atoms with Crippen LogP contribution in [0.4, 0.5) is 5.69 Å². The van der Waals surface area contributed by atoms with E-state index in [1.54, 1.807) is 0 Å². The monoisotopic (exact) mass is 336 g/mol. The van der Waals surface area contributed by atoms with E-state index in [9.17, 15) is 8.42 Å². The summed E-state index contributed by atoms with van der Waals surface area (Å²) in [5, 5.41) is 0. The van der Waals surface area contributed by atoms with E-state index in [-0.39, 0.29) is 0 Å². The number of thiol groups is 1. The Hall–Kier alpha value is -2.59. The highest BCUT2D eigenvalue weighted by Gasteiger charge is 2.09. The molecule has 0 amide bonds. The lowest BCUT2D eigenvalue weighted by atomic mass is 10.0. The molecule has 0 bridgehead atoms. The SMILES string of the molecule is O=[SH](=O)N(Cc1ccccc1)c1ccc(Cc2c[c]ccc2)cc1. The molecule has 0 spiro atoms. The quantitative estimate of drug-likeness (QED) is 0.698. The van der Waals surface area contributed by atoms with Crippen molar-refractivity contribution in [1.29, 1.82) is 0 Å². The molecule has 0 saturated carbocycles. The summed E-state index contributed by atoms with van der Waals surface area (Å²) in [7, 11) is -2.69. The van der Waals surface area contributed by atoms with E-state index >= 15 is 0 Å². The van der Waals surface area contributed by atoms with Gasteiger partial charge in [-0.05, 0) is 41.3 Å². The first-order valence-corrected chi connectivity index (χ1v) is 8.85. The molecule has 0 unspecified atom stereocenters. The summed E-state index contributed by atoms with van der Waals surface area (Å²) in [5.41, 5.74) is 3.96. The Labute approximate surface area is 144 Å². The van der Waals surface area contributed by atoms with E-state index in [4.69, 9.17) is 0 Å². The van der Waals surface area contributed by atoms with Crippen molar-refractivity contribution in [3.63, 3.8) is 0 Å². The Morgan fingerprint density at radius 1 is 0.792 bits per heavy atom. The lowest BCUT2D eigenvalue weighted by Crippen LogP contribution is -2.20. The van der Waals surface area contributed by atoms with Crippen LogP contribution in [0.1, 0.15) is 16.7 Å². The molecule has 121 valence electrons. The van der Waals surface area contributed by atoms with Crippen molar-refractivity contribution in [2.45, 2.75) is 13.0 Å². The van der Waals surface area contributed by atoms with Gasteiger partial charge in [0.15, 0.2) is 0 Å². The summed E-state index contributed by atoms with van der Waals surface area (Å²) >= 11 is 0. The smallest absolute Gasteiger partial charge is 0.225 e. The molecule has 1 radical (unpaired) electrons. The van der Waals surface area contributed by atoms with E-state index in [0.29, 0.717) is 12.2 Å². The largest absolute Gasteiger partial charge is 0.268 e. The van der Waals surface area contributed by atoms with Crippen molar-refractivity contribution >= 4 is 16.6 Å². The molecule has 0 aliphatic carbocycles. The third-order valence-corrected chi connectivity index (χ3v) is 4.55. The van der Waals surface area contributed by atoms with Gasteiger partial charge in [0, 0.05) is 0 Å². The van der Waals surface area contributed by atoms with Crippen molar-refractivity contribution in [1.82, 2.24) is 0 Å². The van der Waals surface area contributed by atoms with E-state index in [1.807, 2.05) is 72.8 Å². The molecular weight excluding hydrogens is 318 g/mol. The standard InChI is InChI=1S/C20H18NO2S/c22-24(23)21(16-19-9-5-2-6-10-19)20-13-11-18(12-14-20)15-17-7-3-1-4-8-17/h1-3,5-14,24H,15-16H2. The maximum absolute atomic E-state index is 11.6. The Bertz CT molecular complexity index is 836. The van der Waals surface area contributed by atoms with Gasteiger partial charge < -0.3 is 0 Å². The molecule has 0 saturated heterocycles. The molecule has 3 rings (SSSR count). The first kappa shape index (κ1) is 16.3. The number of anilines is 1. The van der Waals surface area contributed by atoms with Gasteiger partial charge in [0.2, 0.25) is 10.9 Å². The molecule has 0 heterocycles. The predicted molar refractivity (Wildman–Crippen MR) is 97.5 cm³/mol. The summed E-state index contributed by atoms with van der Waals surface area (Å²) in [6.45, 7) is 0.340. The Balaban J connectivity index is 1.77. The number of hydrogen-bond acceptors (Lipinski definition) is 2. The second-order valence-electron chi connectivity index (χ2n) is 5.54. The van der Waals surface area contributed by atoms with Crippen LogP contribution >= 0.6 is 0 Å². The van der Waals surface area contributed by atoms with Crippen LogP contribution in [0, 0.1) is 6.07 Å². The lowest BCUT2D eigenvalue weighted by molar-refractivity contribution is 0.609. The van der Waals surface area contributed by atoms with E-state index < -0.39 is 10.9 Å².